The van der Waals surface area contributed by atoms with Gasteiger partial charge in [0, 0.05) is 26.2 Å². The maximum atomic E-state index is 10.0. The standard InChI is InChI=1S/C11H15NO2.C10H18O3.C5H11N/c1-12-5-4-9-2-3-10-11(8-9)14-7-6-13-10;11-6-2-1-3-7-13-10-4-8-12-9-5-10;1-6-4-2-3-5-6/h2-3,8,12H,4-7H2,1H3;6,10H,1-5,7-9H2;2-5H2,1H3. The lowest BCUT2D eigenvalue weighted by Gasteiger charge is -2.22. The number of nitrogens with zero attached hydrogens (tertiary/aromatic N) is 1. The lowest BCUT2D eigenvalue weighted by molar-refractivity contribution is -0.108. The summed E-state index contributed by atoms with van der Waals surface area (Å²) in [4.78, 5) is 12.4. The highest BCUT2D eigenvalue weighted by Gasteiger charge is 2.13. The summed E-state index contributed by atoms with van der Waals surface area (Å²) in [6, 6.07) is 6.14. The Bertz CT molecular complexity index is 631. The van der Waals surface area contributed by atoms with Crippen LogP contribution in [0.3, 0.4) is 0 Å². The van der Waals surface area contributed by atoms with Gasteiger partial charge in [0.2, 0.25) is 0 Å². The third-order valence-electron chi connectivity index (χ3n) is 5.84. The van der Waals surface area contributed by atoms with E-state index in [9.17, 15) is 4.79 Å². The van der Waals surface area contributed by atoms with Crippen molar-refractivity contribution in [3.63, 3.8) is 0 Å². The van der Waals surface area contributed by atoms with Crippen LogP contribution in [0.5, 0.6) is 11.5 Å². The highest BCUT2D eigenvalue weighted by molar-refractivity contribution is 5.48. The van der Waals surface area contributed by atoms with Crippen molar-refractivity contribution in [2.45, 2.75) is 57.5 Å². The lowest BCUT2D eigenvalue weighted by Crippen LogP contribution is -2.23. The Kier molecular flexibility index (Phi) is 14.8. The van der Waals surface area contributed by atoms with Crippen LogP contribution in [0.25, 0.3) is 0 Å². The van der Waals surface area contributed by atoms with Crippen LogP contribution >= 0.6 is 0 Å². The molecule has 0 saturated carbocycles. The van der Waals surface area contributed by atoms with Gasteiger partial charge in [0.1, 0.15) is 19.5 Å². The van der Waals surface area contributed by atoms with Crippen LogP contribution in [0.2, 0.25) is 0 Å². The molecule has 3 aliphatic heterocycles. The number of nitrogens with one attached hydrogen (secondary N) is 1. The molecule has 0 atom stereocenters. The fraction of sp³-hybridized carbons (Fsp3) is 0.731. The zero-order valence-corrected chi connectivity index (χ0v) is 20.7. The normalized spacial score (nSPS) is 18.0. The molecule has 33 heavy (non-hydrogen) atoms. The van der Waals surface area contributed by atoms with Gasteiger partial charge in [-0.15, -0.1) is 0 Å². The minimum absolute atomic E-state index is 0.394. The maximum Gasteiger partial charge on any atom is 0.161 e. The average Bonchev–Trinajstić information content (AvgIpc) is 3.35. The summed E-state index contributed by atoms with van der Waals surface area (Å²) in [5.74, 6) is 1.74. The van der Waals surface area contributed by atoms with Gasteiger partial charge >= 0.3 is 0 Å². The molecule has 1 aromatic carbocycles. The number of likely N-dealkylation sites (N-methyl/N-ethyl adjacent to an activating group) is 1. The molecule has 1 aromatic rings. The van der Waals surface area contributed by atoms with E-state index in [4.69, 9.17) is 18.9 Å². The van der Waals surface area contributed by atoms with Gasteiger partial charge in [0.25, 0.3) is 0 Å². The van der Waals surface area contributed by atoms with Crippen molar-refractivity contribution in [2.24, 2.45) is 0 Å². The number of carbonyl (C=O) groups is 1. The van der Waals surface area contributed by atoms with Gasteiger partial charge in [-0.2, -0.15) is 0 Å². The van der Waals surface area contributed by atoms with Crippen LogP contribution < -0.4 is 14.8 Å². The molecule has 2 fully saturated rings. The van der Waals surface area contributed by atoms with Crippen molar-refractivity contribution in [1.29, 1.82) is 0 Å². The Labute approximate surface area is 200 Å². The first-order valence-electron chi connectivity index (χ1n) is 12.6. The second kappa shape index (κ2) is 17.8. The fourth-order valence-electron chi connectivity index (χ4n) is 3.81. The lowest BCUT2D eigenvalue weighted by atomic mass is 10.1. The van der Waals surface area contributed by atoms with Crippen molar-refractivity contribution < 1.29 is 23.7 Å². The van der Waals surface area contributed by atoms with Crippen LogP contribution in [0, 0.1) is 0 Å². The minimum atomic E-state index is 0.394. The van der Waals surface area contributed by atoms with Gasteiger partial charge in [0.15, 0.2) is 11.5 Å². The zero-order chi connectivity index (χ0) is 23.6. The van der Waals surface area contributed by atoms with Crippen LogP contribution in [0.1, 0.15) is 50.5 Å². The predicted molar refractivity (Wildman–Crippen MR) is 132 cm³/mol. The Hall–Kier alpha value is -1.67. The summed E-state index contributed by atoms with van der Waals surface area (Å²) in [5.41, 5.74) is 1.28. The average molecular weight is 465 g/mol. The van der Waals surface area contributed by atoms with E-state index in [1.165, 1.54) is 31.5 Å². The van der Waals surface area contributed by atoms with E-state index < -0.39 is 0 Å². The number of fused-ring (bicyclic) bond motifs is 1. The smallest absolute Gasteiger partial charge is 0.161 e. The molecular formula is C26H44N2O5. The summed E-state index contributed by atoms with van der Waals surface area (Å²) in [6.45, 7) is 7.39. The molecule has 0 aromatic heterocycles. The van der Waals surface area contributed by atoms with Crippen molar-refractivity contribution >= 4 is 6.29 Å². The van der Waals surface area contributed by atoms with Gasteiger partial charge in [0.05, 0.1) is 6.10 Å². The van der Waals surface area contributed by atoms with Crippen LogP contribution in [-0.4, -0.2) is 84.1 Å². The molecule has 7 heteroatoms. The van der Waals surface area contributed by atoms with Crippen LogP contribution in [-0.2, 0) is 20.7 Å². The number of hydrogen-bond donors (Lipinski definition) is 1. The summed E-state index contributed by atoms with van der Waals surface area (Å²) >= 11 is 0. The molecule has 0 radical (unpaired) electrons. The Morgan fingerprint density at radius 2 is 1.79 bits per heavy atom. The molecule has 4 rings (SSSR count). The molecule has 0 amide bonds. The fourth-order valence-corrected chi connectivity index (χ4v) is 3.81. The predicted octanol–water partition coefficient (Wildman–Crippen LogP) is 3.48. The van der Waals surface area contributed by atoms with E-state index in [1.807, 2.05) is 13.1 Å². The zero-order valence-electron chi connectivity index (χ0n) is 20.7. The monoisotopic (exact) mass is 464 g/mol. The van der Waals surface area contributed by atoms with Crippen molar-refractivity contribution in [3.05, 3.63) is 23.8 Å². The molecule has 3 heterocycles. The quantitative estimate of drug-likeness (QED) is 0.443. The number of ether oxygens (including phenoxy) is 4. The van der Waals surface area contributed by atoms with Crippen molar-refractivity contribution in [3.8, 4) is 11.5 Å². The van der Waals surface area contributed by atoms with Gasteiger partial charge in [-0.1, -0.05) is 6.07 Å². The third kappa shape index (κ3) is 12.4. The van der Waals surface area contributed by atoms with E-state index in [-0.39, 0.29) is 0 Å². The number of hydrogen-bond acceptors (Lipinski definition) is 7. The number of aldehydes is 1. The van der Waals surface area contributed by atoms with Gasteiger partial charge in [-0.25, -0.2) is 0 Å². The topological polar surface area (TPSA) is 69.3 Å². The summed E-state index contributed by atoms with van der Waals surface area (Å²) in [7, 11) is 4.13. The first kappa shape index (κ1) is 27.6. The molecule has 0 aliphatic carbocycles. The van der Waals surface area contributed by atoms with E-state index in [2.05, 4.69) is 29.4 Å². The Balaban J connectivity index is 0.000000188. The van der Waals surface area contributed by atoms with Crippen LogP contribution in [0.15, 0.2) is 18.2 Å². The van der Waals surface area contributed by atoms with Gasteiger partial charge in [-0.3, -0.25) is 0 Å². The number of unbranched alkanes of at least 4 members (excludes halogenated alkanes) is 2. The van der Waals surface area contributed by atoms with Crippen molar-refractivity contribution in [1.82, 2.24) is 10.2 Å². The third-order valence-corrected chi connectivity index (χ3v) is 5.84. The van der Waals surface area contributed by atoms with Gasteiger partial charge in [-0.05, 0) is 96.4 Å². The summed E-state index contributed by atoms with van der Waals surface area (Å²) < 4.78 is 21.8. The minimum Gasteiger partial charge on any atom is -0.486 e. The molecule has 1 N–H and O–H groups in total. The molecule has 7 nitrogen and oxygen atoms in total. The largest absolute Gasteiger partial charge is 0.486 e. The summed E-state index contributed by atoms with van der Waals surface area (Å²) in [6.07, 6.45) is 9.86. The highest BCUT2D eigenvalue weighted by atomic mass is 16.6. The Morgan fingerprint density at radius 3 is 2.42 bits per heavy atom. The number of rotatable bonds is 9. The first-order chi connectivity index (χ1) is 16.2. The van der Waals surface area contributed by atoms with E-state index in [0.717, 1.165) is 76.3 Å². The summed E-state index contributed by atoms with van der Waals surface area (Å²) in [5, 5.41) is 3.12. The second-order valence-corrected chi connectivity index (χ2v) is 8.69. The number of likely N-dealkylation sites (tertiary alicyclic amines) is 1. The van der Waals surface area contributed by atoms with E-state index in [1.54, 1.807) is 0 Å². The van der Waals surface area contributed by atoms with Crippen molar-refractivity contribution in [2.75, 3.05) is 66.8 Å². The molecule has 3 aliphatic rings. The number of benzene rings is 1. The Morgan fingerprint density at radius 1 is 1.06 bits per heavy atom. The van der Waals surface area contributed by atoms with Gasteiger partial charge < -0.3 is 34.0 Å². The SMILES string of the molecule is CN1CCCC1.CNCCc1ccc2c(c1)OCCO2.O=CCCCCOC1CCOCC1. The van der Waals surface area contributed by atoms with Crippen LogP contribution in [0.4, 0.5) is 0 Å². The first-order valence-corrected chi connectivity index (χ1v) is 12.6. The molecule has 0 spiro atoms. The molecular weight excluding hydrogens is 420 g/mol. The highest BCUT2D eigenvalue weighted by Crippen LogP contribution is 2.30. The second-order valence-electron chi connectivity index (χ2n) is 8.69. The van der Waals surface area contributed by atoms with E-state index >= 15 is 0 Å². The molecule has 188 valence electrons. The molecule has 2 saturated heterocycles. The number of carbonyl (C=O) groups excluding carboxylic acids is 1. The maximum absolute atomic E-state index is 10.0. The van der Waals surface area contributed by atoms with E-state index in [0.29, 0.717) is 25.7 Å². The molecule has 0 bridgehead atoms. The molecule has 0 unspecified atom stereocenters.